The monoisotopic (exact) mass is 287 g/mol. The van der Waals surface area contributed by atoms with Crippen molar-refractivity contribution in [2.75, 3.05) is 0 Å². The smallest absolute Gasteiger partial charge is 0.237 e. The van der Waals surface area contributed by atoms with Gasteiger partial charge in [-0.3, -0.25) is 0 Å². The van der Waals surface area contributed by atoms with Crippen molar-refractivity contribution in [3.05, 3.63) is 76.6 Å². The zero-order chi connectivity index (χ0) is 14.9. The van der Waals surface area contributed by atoms with Crippen LogP contribution in [0.1, 0.15) is 5.69 Å². The molecular formula is C18H13N3O. The Hall–Kier alpha value is -3.14. The summed E-state index contributed by atoms with van der Waals surface area (Å²) in [5.41, 5.74) is 2.28. The number of fused-ring (bicyclic) bond motifs is 1. The Balaban J connectivity index is 1.75. The number of allylic oxidation sites excluding steroid dienone is 1. The topological polar surface area (TPSA) is 61.3 Å². The lowest BCUT2D eigenvalue weighted by Gasteiger charge is -1.94. The molecule has 4 nitrogen and oxygen atoms in total. The minimum atomic E-state index is -0.0223. The van der Waals surface area contributed by atoms with Crippen LogP contribution in [0.4, 0.5) is 0 Å². The van der Waals surface area contributed by atoms with Crippen molar-refractivity contribution in [3.8, 4) is 17.3 Å². The summed E-state index contributed by atoms with van der Waals surface area (Å²) >= 11 is 0. The molecule has 4 heteroatoms. The number of aromatic nitrogens is 2. The molecule has 0 aliphatic carbocycles. The second-order valence-electron chi connectivity index (χ2n) is 5.07. The highest BCUT2D eigenvalue weighted by molar-refractivity contribution is 5.68. The summed E-state index contributed by atoms with van der Waals surface area (Å²) < 4.78 is 0. The number of hydrogen-bond acceptors (Lipinski definition) is 3. The van der Waals surface area contributed by atoms with E-state index in [1.54, 1.807) is 6.08 Å². The maximum atomic E-state index is 10.0. The van der Waals surface area contributed by atoms with Gasteiger partial charge in [-0.1, -0.05) is 48.5 Å². The van der Waals surface area contributed by atoms with E-state index >= 15 is 0 Å². The van der Waals surface area contributed by atoms with Gasteiger partial charge >= 0.3 is 0 Å². The predicted octanol–water partition coefficient (Wildman–Crippen LogP) is 2.24. The van der Waals surface area contributed by atoms with Crippen molar-refractivity contribution >= 4 is 12.2 Å². The van der Waals surface area contributed by atoms with E-state index in [0.29, 0.717) is 11.5 Å². The van der Waals surface area contributed by atoms with Crippen LogP contribution in [0.15, 0.2) is 65.3 Å². The number of imidazole rings is 1. The first kappa shape index (κ1) is 12.6. The molecule has 0 atom stereocenters. The van der Waals surface area contributed by atoms with Gasteiger partial charge in [-0.05, 0) is 18.2 Å². The zero-order valence-electron chi connectivity index (χ0n) is 11.7. The molecule has 106 valence electrons. The van der Waals surface area contributed by atoms with Gasteiger partial charge in [-0.15, -0.1) is 0 Å². The zero-order valence-corrected chi connectivity index (χ0v) is 11.7. The predicted molar refractivity (Wildman–Crippen MR) is 85.4 cm³/mol. The van der Waals surface area contributed by atoms with Gasteiger partial charge in [0.2, 0.25) is 5.88 Å². The maximum Gasteiger partial charge on any atom is 0.237 e. The molecule has 4 rings (SSSR count). The Labute approximate surface area is 126 Å². The lowest BCUT2D eigenvalue weighted by Crippen LogP contribution is -2.19. The summed E-state index contributed by atoms with van der Waals surface area (Å²) in [6.07, 6.45) is 3.78. The van der Waals surface area contributed by atoms with E-state index in [1.165, 1.54) is 0 Å². The van der Waals surface area contributed by atoms with Crippen LogP contribution in [-0.4, -0.2) is 15.1 Å². The van der Waals surface area contributed by atoms with Crippen molar-refractivity contribution in [2.24, 2.45) is 4.99 Å². The molecule has 2 aromatic carbocycles. The Kier molecular flexibility index (Phi) is 2.86. The first-order valence-corrected chi connectivity index (χ1v) is 7.01. The summed E-state index contributed by atoms with van der Waals surface area (Å²) in [6, 6.07) is 17.6. The van der Waals surface area contributed by atoms with Crippen LogP contribution in [0.5, 0.6) is 5.88 Å². The highest BCUT2D eigenvalue weighted by atomic mass is 16.3. The number of para-hydroxylation sites is 1. The van der Waals surface area contributed by atoms with Crippen molar-refractivity contribution < 1.29 is 5.11 Å². The van der Waals surface area contributed by atoms with Gasteiger partial charge in [0.1, 0.15) is 11.5 Å². The SMILES string of the molecule is Oc1nc(-c2ccccc2)[nH]c1C=C1C=c2ccccc2=N1. The number of H-pyrrole nitrogens is 1. The van der Waals surface area contributed by atoms with Crippen molar-refractivity contribution in [3.63, 3.8) is 0 Å². The molecule has 1 aliphatic heterocycles. The van der Waals surface area contributed by atoms with Gasteiger partial charge in [0.15, 0.2) is 0 Å². The van der Waals surface area contributed by atoms with E-state index in [9.17, 15) is 5.11 Å². The van der Waals surface area contributed by atoms with Crippen LogP contribution in [0.3, 0.4) is 0 Å². The molecule has 0 saturated heterocycles. The third-order valence-electron chi connectivity index (χ3n) is 3.54. The molecule has 1 aliphatic rings. The van der Waals surface area contributed by atoms with E-state index in [1.807, 2.05) is 60.7 Å². The van der Waals surface area contributed by atoms with Crippen LogP contribution < -0.4 is 10.6 Å². The fourth-order valence-electron chi connectivity index (χ4n) is 2.47. The van der Waals surface area contributed by atoms with Gasteiger partial charge in [0, 0.05) is 10.8 Å². The number of benzene rings is 2. The van der Waals surface area contributed by atoms with Crippen LogP contribution >= 0.6 is 0 Å². The molecule has 1 aromatic heterocycles. The molecule has 0 unspecified atom stereocenters. The molecule has 0 fully saturated rings. The number of rotatable bonds is 2. The molecule has 0 radical (unpaired) electrons. The molecule has 22 heavy (non-hydrogen) atoms. The largest absolute Gasteiger partial charge is 0.492 e. The molecule has 3 aromatic rings. The first-order valence-electron chi connectivity index (χ1n) is 7.01. The van der Waals surface area contributed by atoms with Gasteiger partial charge in [0.25, 0.3) is 0 Å². The summed E-state index contributed by atoms with van der Waals surface area (Å²) in [5, 5.41) is 12.0. The summed E-state index contributed by atoms with van der Waals surface area (Å²) in [7, 11) is 0. The van der Waals surface area contributed by atoms with Crippen LogP contribution in [0.25, 0.3) is 23.5 Å². The van der Waals surface area contributed by atoms with Gasteiger partial charge in [-0.2, -0.15) is 4.98 Å². The standard InChI is InChI=1S/C18H13N3O/c22-18-16(20-17(21-18)12-6-2-1-3-7-12)11-14-10-13-8-4-5-9-15(13)19-14/h1-11,22H,(H,20,21). The summed E-state index contributed by atoms with van der Waals surface area (Å²) in [6.45, 7) is 0. The highest BCUT2D eigenvalue weighted by Gasteiger charge is 2.10. The van der Waals surface area contributed by atoms with E-state index in [4.69, 9.17) is 0 Å². The molecular weight excluding hydrogens is 274 g/mol. The number of nitrogens with one attached hydrogen (secondary N) is 1. The van der Waals surface area contributed by atoms with Gasteiger partial charge in [-0.25, -0.2) is 4.99 Å². The molecule has 0 amide bonds. The van der Waals surface area contributed by atoms with E-state index in [-0.39, 0.29) is 5.88 Å². The van der Waals surface area contributed by atoms with E-state index in [2.05, 4.69) is 15.0 Å². The first-order chi connectivity index (χ1) is 10.8. The van der Waals surface area contributed by atoms with Gasteiger partial charge < -0.3 is 10.1 Å². The normalized spacial score (nSPS) is 14.5. The van der Waals surface area contributed by atoms with Crippen molar-refractivity contribution in [2.45, 2.75) is 0 Å². The third-order valence-corrected chi connectivity index (χ3v) is 3.54. The summed E-state index contributed by atoms with van der Waals surface area (Å²) in [5.74, 6) is 0.617. The molecule has 0 saturated carbocycles. The minimum Gasteiger partial charge on any atom is -0.492 e. The highest BCUT2D eigenvalue weighted by Crippen LogP contribution is 2.24. The minimum absolute atomic E-state index is 0.0223. The molecule has 0 bridgehead atoms. The fraction of sp³-hybridized carbons (Fsp3) is 0. The van der Waals surface area contributed by atoms with E-state index < -0.39 is 0 Å². The lowest BCUT2D eigenvalue weighted by atomic mass is 10.2. The third kappa shape index (κ3) is 2.20. The van der Waals surface area contributed by atoms with Crippen LogP contribution in [0, 0.1) is 0 Å². The number of nitrogens with zero attached hydrogens (tertiary/aromatic N) is 2. The second-order valence-corrected chi connectivity index (χ2v) is 5.07. The number of hydrogen-bond donors (Lipinski definition) is 2. The van der Waals surface area contributed by atoms with Crippen molar-refractivity contribution in [1.82, 2.24) is 9.97 Å². The molecule has 2 N–H and O–H groups in total. The van der Waals surface area contributed by atoms with Crippen LogP contribution in [-0.2, 0) is 0 Å². The van der Waals surface area contributed by atoms with E-state index in [0.717, 1.165) is 21.8 Å². The van der Waals surface area contributed by atoms with Crippen molar-refractivity contribution in [1.29, 1.82) is 0 Å². The Morgan fingerprint density at radius 1 is 0.955 bits per heavy atom. The van der Waals surface area contributed by atoms with Gasteiger partial charge in [0.05, 0.1) is 11.1 Å². The number of aromatic amines is 1. The Morgan fingerprint density at radius 3 is 2.55 bits per heavy atom. The maximum absolute atomic E-state index is 10.0. The average Bonchev–Trinajstić information content (AvgIpc) is 3.12. The number of aromatic hydroxyl groups is 1. The Morgan fingerprint density at radius 2 is 1.73 bits per heavy atom. The summed E-state index contributed by atoms with van der Waals surface area (Å²) in [4.78, 5) is 11.8. The second kappa shape index (κ2) is 5.00. The fourth-order valence-corrected chi connectivity index (χ4v) is 2.47. The Bertz CT molecular complexity index is 948. The van der Waals surface area contributed by atoms with Crippen LogP contribution in [0.2, 0.25) is 0 Å². The quantitative estimate of drug-likeness (QED) is 0.759. The average molecular weight is 287 g/mol. The lowest BCUT2D eigenvalue weighted by molar-refractivity contribution is 0.455. The molecule has 0 spiro atoms. The molecule has 2 heterocycles.